The van der Waals surface area contributed by atoms with Crippen molar-refractivity contribution in [2.24, 2.45) is 0 Å². The number of fused-ring (bicyclic) bond motifs is 1. The van der Waals surface area contributed by atoms with Gasteiger partial charge in [-0.3, -0.25) is 4.79 Å². The number of aldehydes is 1. The van der Waals surface area contributed by atoms with E-state index in [1.807, 2.05) is 25.1 Å². The number of hydrogen-bond acceptors (Lipinski definition) is 5. The molecule has 0 unspecified atom stereocenters. The molecule has 5 nitrogen and oxygen atoms in total. The molecule has 0 aliphatic rings. The minimum absolute atomic E-state index is 0.151. The zero-order valence-electron chi connectivity index (χ0n) is 13.4. The van der Waals surface area contributed by atoms with Crippen LogP contribution in [0.1, 0.15) is 33.4 Å². The van der Waals surface area contributed by atoms with Gasteiger partial charge in [-0.15, -0.1) is 0 Å². The highest BCUT2D eigenvalue weighted by molar-refractivity contribution is 5.97. The predicted molar refractivity (Wildman–Crippen MR) is 88.9 cm³/mol. The molecular formula is C19H16O5. The van der Waals surface area contributed by atoms with Crippen molar-refractivity contribution in [1.29, 1.82) is 0 Å². The van der Waals surface area contributed by atoms with Crippen molar-refractivity contribution in [3.05, 3.63) is 59.4 Å². The molecule has 3 rings (SSSR count). The monoisotopic (exact) mass is 324 g/mol. The third kappa shape index (κ3) is 2.88. The first-order valence-corrected chi connectivity index (χ1v) is 7.56. The molecule has 0 saturated carbocycles. The van der Waals surface area contributed by atoms with Crippen LogP contribution in [0.2, 0.25) is 0 Å². The van der Waals surface area contributed by atoms with Crippen LogP contribution in [0, 0.1) is 6.92 Å². The molecule has 24 heavy (non-hydrogen) atoms. The summed E-state index contributed by atoms with van der Waals surface area (Å²) in [6.45, 7) is 4.00. The Labute approximate surface area is 138 Å². The Balaban J connectivity index is 1.94. The molecular weight excluding hydrogens is 308 g/mol. The van der Waals surface area contributed by atoms with Crippen molar-refractivity contribution in [2.45, 2.75) is 13.8 Å². The lowest BCUT2D eigenvalue weighted by Gasteiger charge is -2.10. The van der Waals surface area contributed by atoms with Gasteiger partial charge in [0.1, 0.15) is 11.9 Å². The van der Waals surface area contributed by atoms with Gasteiger partial charge in [-0.25, -0.2) is 4.79 Å². The lowest BCUT2D eigenvalue weighted by atomic mass is 10.1. The average molecular weight is 324 g/mol. The number of benzene rings is 2. The van der Waals surface area contributed by atoms with Crippen LogP contribution in [0.5, 0.6) is 11.5 Å². The molecule has 0 aliphatic heterocycles. The smallest absolute Gasteiger partial charge is 0.380 e. The topological polar surface area (TPSA) is 65.7 Å². The van der Waals surface area contributed by atoms with Gasteiger partial charge in [0.15, 0.2) is 11.5 Å². The summed E-state index contributed by atoms with van der Waals surface area (Å²) >= 11 is 0. The number of esters is 1. The van der Waals surface area contributed by atoms with Crippen LogP contribution >= 0.6 is 0 Å². The second-order valence-electron chi connectivity index (χ2n) is 5.20. The zero-order chi connectivity index (χ0) is 17.1. The molecule has 0 N–H and O–H groups in total. The van der Waals surface area contributed by atoms with Gasteiger partial charge in [0.25, 0.3) is 0 Å². The standard InChI is InChI=1S/C19H16O5/c1-3-22-17-10-13(11-20)8-9-16(17)24-19(21)18-12(2)14-6-4-5-7-15(14)23-18/h4-11H,3H2,1-2H3. The SMILES string of the molecule is CCOc1cc(C=O)ccc1OC(=O)c1oc2ccccc2c1C. The number of hydrogen-bond donors (Lipinski definition) is 0. The van der Waals surface area contributed by atoms with E-state index >= 15 is 0 Å². The van der Waals surface area contributed by atoms with Gasteiger partial charge >= 0.3 is 5.97 Å². The fourth-order valence-electron chi connectivity index (χ4n) is 2.47. The summed E-state index contributed by atoms with van der Waals surface area (Å²) in [4.78, 5) is 23.4. The van der Waals surface area contributed by atoms with Crippen molar-refractivity contribution in [1.82, 2.24) is 0 Å². The maximum atomic E-state index is 12.5. The van der Waals surface area contributed by atoms with Crippen LogP contribution in [0.4, 0.5) is 0 Å². The van der Waals surface area contributed by atoms with Crippen molar-refractivity contribution >= 4 is 23.2 Å². The molecule has 0 bridgehead atoms. The van der Waals surface area contributed by atoms with Crippen LogP contribution in [0.3, 0.4) is 0 Å². The highest BCUT2D eigenvalue weighted by Gasteiger charge is 2.21. The number of carbonyl (C=O) groups excluding carboxylic acids is 2. The molecule has 0 spiro atoms. The number of aryl methyl sites for hydroxylation is 1. The molecule has 1 heterocycles. The van der Waals surface area contributed by atoms with E-state index in [1.54, 1.807) is 19.1 Å². The Morgan fingerprint density at radius 1 is 1.17 bits per heavy atom. The molecule has 0 aliphatic carbocycles. The summed E-state index contributed by atoms with van der Waals surface area (Å²) in [5.74, 6) is 0.123. The fourth-order valence-corrected chi connectivity index (χ4v) is 2.47. The van der Waals surface area contributed by atoms with Crippen molar-refractivity contribution in [3.8, 4) is 11.5 Å². The quantitative estimate of drug-likeness (QED) is 0.400. The molecule has 0 fully saturated rings. The van der Waals surface area contributed by atoms with Crippen molar-refractivity contribution < 1.29 is 23.5 Å². The Hall–Kier alpha value is -3.08. The Morgan fingerprint density at radius 3 is 2.67 bits per heavy atom. The molecule has 0 atom stereocenters. The van der Waals surface area contributed by atoms with E-state index < -0.39 is 5.97 Å². The van der Waals surface area contributed by atoms with Crippen molar-refractivity contribution in [3.63, 3.8) is 0 Å². The van der Waals surface area contributed by atoms with Gasteiger partial charge in [-0.1, -0.05) is 18.2 Å². The average Bonchev–Trinajstić information content (AvgIpc) is 2.94. The van der Waals surface area contributed by atoms with Gasteiger partial charge in [0.2, 0.25) is 5.76 Å². The summed E-state index contributed by atoms with van der Waals surface area (Å²) in [6, 6.07) is 12.0. The fraction of sp³-hybridized carbons (Fsp3) is 0.158. The second-order valence-corrected chi connectivity index (χ2v) is 5.20. The Bertz CT molecular complexity index is 907. The summed E-state index contributed by atoms with van der Waals surface area (Å²) < 4.78 is 16.5. The summed E-state index contributed by atoms with van der Waals surface area (Å²) in [5, 5.41) is 0.866. The number of carbonyl (C=O) groups is 2. The van der Waals surface area contributed by atoms with Gasteiger partial charge < -0.3 is 13.9 Å². The molecule has 0 amide bonds. The number of furan rings is 1. The van der Waals surface area contributed by atoms with Gasteiger partial charge in [-0.05, 0) is 38.1 Å². The van der Waals surface area contributed by atoms with E-state index in [2.05, 4.69) is 0 Å². The normalized spacial score (nSPS) is 10.6. The Morgan fingerprint density at radius 2 is 1.96 bits per heavy atom. The van der Waals surface area contributed by atoms with E-state index in [9.17, 15) is 9.59 Å². The first-order chi connectivity index (χ1) is 11.6. The van der Waals surface area contributed by atoms with Gasteiger partial charge in [0.05, 0.1) is 6.61 Å². The zero-order valence-corrected chi connectivity index (χ0v) is 13.4. The summed E-state index contributed by atoms with van der Waals surface area (Å²) in [6.07, 6.45) is 0.706. The molecule has 3 aromatic rings. The van der Waals surface area contributed by atoms with Gasteiger partial charge in [0, 0.05) is 16.5 Å². The minimum atomic E-state index is -0.608. The van der Waals surface area contributed by atoms with Crippen molar-refractivity contribution in [2.75, 3.05) is 6.61 Å². The third-order valence-corrected chi connectivity index (χ3v) is 3.64. The number of para-hydroxylation sites is 1. The van der Waals surface area contributed by atoms with E-state index in [0.717, 1.165) is 10.9 Å². The van der Waals surface area contributed by atoms with Crippen LogP contribution < -0.4 is 9.47 Å². The highest BCUT2D eigenvalue weighted by atomic mass is 16.6. The van der Waals surface area contributed by atoms with Crippen LogP contribution in [-0.2, 0) is 0 Å². The first-order valence-electron chi connectivity index (χ1n) is 7.56. The van der Waals surface area contributed by atoms with E-state index in [4.69, 9.17) is 13.9 Å². The lowest BCUT2D eigenvalue weighted by Crippen LogP contribution is -2.10. The number of ether oxygens (including phenoxy) is 2. The molecule has 122 valence electrons. The summed E-state index contributed by atoms with van der Waals surface area (Å²) in [5.41, 5.74) is 1.79. The maximum Gasteiger partial charge on any atom is 0.380 e. The lowest BCUT2D eigenvalue weighted by molar-refractivity contribution is 0.0696. The Kier molecular flexibility index (Phi) is 4.33. The van der Waals surface area contributed by atoms with Crippen LogP contribution in [-0.4, -0.2) is 18.9 Å². The largest absolute Gasteiger partial charge is 0.490 e. The molecule has 1 aromatic heterocycles. The highest BCUT2D eigenvalue weighted by Crippen LogP contribution is 2.31. The van der Waals surface area contributed by atoms with Crippen LogP contribution in [0.15, 0.2) is 46.9 Å². The van der Waals surface area contributed by atoms with E-state index in [0.29, 0.717) is 29.8 Å². The second kappa shape index (κ2) is 6.58. The number of rotatable bonds is 5. The first kappa shape index (κ1) is 15.8. The van der Waals surface area contributed by atoms with E-state index in [1.165, 1.54) is 12.1 Å². The molecule has 2 aromatic carbocycles. The minimum Gasteiger partial charge on any atom is -0.490 e. The van der Waals surface area contributed by atoms with Crippen LogP contribution in [0.25, 0.3) is 11.0 Å². The van der Waals surface area contributed by atoms with E-state index in [-0.39, 0.29) is 11.5 Å². The molecule has 0 radical (unpaired) electrons. The third-order valence-electron chi connectivity index (χ3n) is 3.64. The maximum absolute atomic E-state index is 12.5. The molecule has 5 heteroatoms. The predicted octanol–water partition coefficient (Wildman–Crippen LogP) is 4.17. The molecule has 0 saturated heterocycles. The summed E-state index contributed by atoms with van der Waals surface area (Å²) in [7, 11) is 0. The van der Waals surface area contributed by atoms with Gasteiger partial charge in [-0.2, -0.15) is 0 Å².